The first-order valence-corrected chi connectivity index (χ1v) is 11.6. The number of fused-ring (bicyclic) bond motifs is 6. The van der Waals surface area contributed by atoms with Gasteiger partial charge in [0.1, 0.15) is 23.6 Å². The SMILES string of the molecule is Fc1c(CNc2ncnc3/c2=C\NC2CCC(F)(CCC/C=3Br)CC2)cccc1C(F)F. The summed E-state index contributed by atoms with van der Waals surface area (Å²) < 4.78 is 56.3. The molecule has 0 radical (unpaired) electrons. The fourth-order valence-corrected chi connectivity index (χ4v) is 5.00. The second-order valence-electron chi connectivity index (χ2n) is 8.45. The maximum atomic E-state index is 15.0. The van der Waals surface area contributed by atoms with E-state index < -0.39 is 23.5 Å². The van der Waals surface area contributed by atoms with Crippen molar-refractivity contribution in [2.75, 3.05) is 5.32 Å². The lowest BCUT2D eigenvalue weighted by Crippen LogP contribution is -2.41. The molecule has 1 aromatic heterocycles. The predicted molar refractivity (Wildman–Crippen MR) is 120 cm³/mol. The Balaban J connectivity index is 1.67. The van der Waals surface area contributed by atoms with Gasteiger partial charge in [-0.2, -0.15) is 0 Å². The Bertz CT molecular complexity index is 1080. The lowest BCUT2D eigenvalue weighted by molar-refractivity contribution is 0.0840. The van der Waals surface area contributed by atoms with E-state index in [1.165, 1.54) is 18.5 Å². The molecule has 1 fully saturated rings. The Hall–Kier alpha value is -2.16. The van der Waals surface area contributed by atoms with Crippen molar-refractivity contribution in [2.45, 2.75) is 69.6 Å². The Morgan fingerprint density at radius 2 is 1.97 bits per heavy atom. The van der Waals surface area contributed by atoms with Gasteiger partial charge in [-0.25, -0.2) is 27.5 Å². The molecule has 0 amide bonds. The second kappa shape index (κ2) is 9.77. The predicted octanol–water partition coefficient (Wildman–Crippen LogP) is 4.83. The van der Waals surface area contributed by atoms with Gasteiger partial charge < -0.3 is 10.6 Å². The van der Waals surface area contributed by atoms with Crippen molar-refractivity contribution in [3.63, 3.8) is 0 Å². The Morgan fingerprint density at radius 1 is 1.19 bits per heavy atom. The van der Waals surface area contributed by atoms with Crippen LogP contribution in [-0.2, 0) is 6.54 Å². The van der Waals surface area contributed by atoms with Crippen molar-refractivity contribution >= 4 is 32.4 Å². The van der Waals surface area contributed by atoms with Gasteiger partial charge in [0.2, 0.25) is 0 Å². The molecule has 2 bridgehead atoms. The van der Waals surface area contributed by atoms with Gasteiger partial charge in [-0.3, -0.25) is 0 Å². The van der Waals surface area contributed by atoms with Crippen molar-refractivity contribution in [1.82, 2.24) is 15.3 Å². The molecule has 0 atom stereocenters. The van der Waals surface area contributed by atoms with Crippen LogP contribution in [0.2, 0.25) is 0 Å². The van der Waals surface area contributed by atoms with E-state index >= 15 is 4.39 Å². The molecular weight excluding hydrogens is 488 g/mol. The number of hydrogen-bond donors (Lipinski definition) is 2. The molecule has 0 spiro atoms. The monoisotopic (exact) mass is 512 g/mol. The number of nitrogens with zero attached hydrogens (tertiary/aromatic N) is 2. The summed E-state index contributed by atoms with van der Waals surface area (Å²) in [7, 11) is 0. The van der Waals surface area contributed by atoms with E-state index in [0.29, 0.717) is 48.5 Å². The lowest BCUT2D eigenvalue weighted by atomic mass is 9.80. The van der Waals surface area contributed by atoms with Crippen LogP contribution in [0.3, 0.4) is 0 Å². The third-order valence-electron chi connectivity index (χ3n) is 6.30. The molecule has 1 aliphatic carbocycles. The third-order valence-corrected chi connectivity index (χ3v) is 7.07. The van der Waals surface area contributed by atoms with Gasteiger partial charge in [-0.15, -0.1) is 0 Å². The van der Waals surface area contributed by atoms with Crippen LogP contribution in [0.1, 0.15) is 62.5 Å². The molecule has 2 aliphatic heterocycles. The molecular formula is C23H25BrF4N4. The molecule has 2 N–H and O–H groups in total. The zero-order chi connectivity index (χ0) is 22.7. The van der Waals surface area contributed by atoms with Gasteiger partial charge in [0.05, 0.1) is 16.1 Å². The summed E-state index contributed by atoms with van der Waals surface area (Å²) >= 11 is 3.60. The van der Waals surface area contributed by atoms with Crippen LogP contribution >= 0.6 is 15.9 Å². The maximum absolute atomic E-state index is 15.0. The normalized spacial score (nSPS) is 26.3. The summed E-state index contributed by atoms with van der Waals surface area (Å²) in [5.74, 6) is -0.450. The van der Waals surface area contributed by atoms with Crippen molar-refractivity contribution in [3.05, 3.63) is 52.0 Å². The zero-order valence-corrected chi connectivity index (χ0v) is 19.1. The van der Waals surface area contributed by atoms with E-state index in [0.717, 1.165) is 23.4 Å². The second-order valence-corrected chi connectivity index (χ2v) is 9.41. The average Bonchev–Trinajstić information content (AvgIpc) is 2.77. The van der Waals surface area contributed by atoms with Crippen LogP contribution in [0.4, 0.5) is 23.4 Å². The fourth-order valence-electron chi connectivity index (χ4n) is 4.40. The molecule has 32 heavy (non-hydrogen) atoms. The third kappa shape index (κ3) is 5.08. The Labute approximate surface area is 192 Å². The highest BCUT2D eigenvalue weighted by molar-refractivity contribution is 9.14. The largest absolute Gasteiger partial charge is 0.388 e. The molecule has 3 aliphatic rings. The van der Waals surface area contributed by atoms with Crippen LogP contribution in [0.25, 0.3) is 10.7 Å². The highest BCUT2D eigenvalue weighted by Crippen LogP contribution is 2.37. The number of anilines is 1. The summed E-state index contributed by atoms with van der Waals surface area (Å²) in [6.45, 7) is -0.00486. The number of rotatable bonds is 4. The van der Waals surface area contributed by atoms with Crippen LogP contribution in [-0.4, -0.2) is 21.7 Å². The van der Waals surface area contributed by atoms with Crippen molar-refractivity contribution in [1.29, 1.82) is 0 Å². The molecule has 2 aromatic rings. The highest BCUT2D eigenvalue weighted by Gasteiger charge is 2.34. The van der Waals surface area contributed by atoms with Gasteiger partial charge in [0, 0.05) is 28.8 Å². The van der Waals surface area contributed by atoms with E-state index in [2.05, 4.69) is 36.5 Å². The number of halogens is 5. The van der Waals surface area contributed by atoms with Gasteiger partial charge in [-0.1, -0.05) is 34.1 Å². The van der Waals surface area contributed by atoms with Crippen molar-refractivity contribution in [2.24, 2.45) is 0 Å². The molecule has 0 saturated heterocycles. The quantitative estimate of drug-likeness (QED) is 0.576. The maximum Gasteiger partial charge on any atom is 0.266 e. The molecule has 1 saturated carbocycles. The number of aromatic nitrogens is 2. The molecule has 172 valence electrons. The zero-order valence-electron chi connectivity index (χ0n) is 17.5. The fraction of sp³-hybridized carbons (Fsp3) is 0.478. The first-order valence-electron chi connectivity index (χ1n) is 10.8. The lowest BCUT2D eigenvalue weighted by Gasteiger charge is -2.34. The molecule has 4 nitrogen and oxygen atoms in total. The van der Waals surface area contributed by atoms with Crippen LogP contribution in [0, 0.1) is 5.82 Å². The minimum Gasteiger partial charge on any atom is -0.388 e. The van der Waals surface area contributed by atoms with E-state index in [9.17, 15) is 13.2 Å². The number of hydrogen-bond acceptors (Lipinski definition) is 4. The minimum atomic E-state index is -2.88. The van der Waals surface area contributed by atoms with Crippen molar-refractivity contribution < 1.29 is 17.6 Å². The smallest absolute Gasteiger partial charge is 0.266 e. The number of nitrogens with one attached hydrogen (secondary N) is 2. The van der Waals surface area contributed by atoms with Crippen LogP contribution in [0.15, 0.2) is 24.5 Å². The standard InChI is InChI=1S/C23H25BrF4N4/c24-18-5-2-8-23(28)9-6-15(7-10-23)29-12-17-20(18)31-13-32-22(17)30-11-14-3-1-4-16(19(14)25)21(26)27/h1,3-4,12-13,15,21,29H,2,5-11H2,(H,30,31,32)/b17-12+,20-18+. The first-order chi connectivity index (χ1) is 15.4. The summed E-state index contributed by atoms with van der Waals surface area (Å²) in [5, 5.41) is 7.81. The molecule has 3 heterocycles. The highest BCUT2D eigenvalue weighted by atomic mass is 79.9. The van der Waals surface area contributed by atoms with Gasteiger partial charge in [-0.05, 0) is 44.9 Å². The van der Waals surface area contributed by atoms with Gasteiger partial charge >= 0.3 is 0 Å². The first kappa shape index (κ1) is 23.0. The minimum absolute atomic E-state index is 0.00486. The Morgan fingerprint density at radius 3 is 2.72 bits per heavy atom. The van der Waals surface area contributed by atoms with Gasteiger partial charge in [0.25, 0.3) is 6.43 Å². The van der Waals surface area contributed by atoms with Gasteiger partial charge in [0.15, 0.2) is 0 Å². The summed E-state index contributed by atoms with van der Waals surface area (Å²) in [5.41, 5.74) is -1.58. The molecule has 9 heteroatoms. The molecule has 0 unspecified atom stereocenters. The number of alkyl halides is 3. The van der Waals surface area contributed by atoms with E-state index in [1.807, 2.05) is 6.20 Å². The van der Waals surface area contributed by atoms with Crippen LogP contribution < -0.4 is 21.2 Å². The van der Waals surface area contributed by atoms with E-state index in [1.54, 1.807) is 0 Å². The van der Waals surface area contributed by atoms with Crippen molar-refractivity contribution in [3.8, 4) is 0 Å². The molecule has 5 rings (SSSR count). The number of benzene rings is 1. The topological polar surface area (TPSA) is 49.8 Å². The summed E-state index contributed by atoms with van der Waals surface area (Å²) in [6, 6.07) is 4.12. The summed E-state index contributed by atoms with van der Waals surface area (Å²) in [4.78, 5) is 8.72. The molecule has 1 aromatic carbocycles. The van der Waals surface area contributed by atoms with Crippen LogP contribution in [0.5, 0.6) is 0 Å². The van der Waals surface area contributed by atoms with E-state index in [-0.39, 0.29) is 18.2 Å². The average molecular weight is 513 g/mol. The summed E-state index contributed by atoms with van der Waals surface area (Å²) in [6.07, 6.45) is 4.77. The Kier molecular flexibility index (Phi) is 7.02. The van der Waals surface area contributed by atoms with E-state index in [4.69, 9.17) is 0 Å².